The van der Waals surface area contributed by atoms with E-state index in [-0.39, 0.29) is 6.61 Å². The number of halogens is 1. The second-order valence-corrected chi connectivity index (χ2v) is 5.75. The lowest BCUT2D eigenvalue weighted by molar-refractivity contribution is 0.281. The summed E-state index contributed by atoms with van der Waals surface area (Å²) in [6, 6.07) is 6.73. The summed E-state index contributed by atoms with van der Waals surface area (Å²) >= 11 is 3.51. The number of aliphatic hydroxyl groups excluding tert-OH is 1. The summed E-state index contributed by atoms with van der Waals surface area (Å²) in [4.78, 5) is 2.34. The molecule has 1 aromatic carbocycles. The van der Waals surface area contributed by atoms with Crippen molar-refractivity contribution in [1.29, 1.82) is 0 Å². The lowest BCUT2D eigenvalue weighted by Gasteiger charge is -2.34. The molecule has 0 radical (unpaired) electrons. The largest absolute Gasteiger partial charge is 0.392 e. The van der Waals surface area contributed by atoms with E-state index in [2.05, 4.69) is 33.9 Å². The van der Waals surface area contributed by atoms with Crippen LogP contribution >= 0.6 is 15.9 Å². The maximum atomic E-state index is 9.41. The van der Waals surface area contributed by atoms with E-state index in [0.29, 0.717) is 6.04 Å². The quantitative estimate of drug-likeness (QED) is 0.919. The molecule has 0 unspecified atom stereocenters. The van der Waals surface area contributed by atoms with Crippen LogP contribution in [0, 0.1) is 0 Å². The summed E-state index contributed by atoms with van der Waals surface area (Å²) in [6.07, 6.45) is 6.58. The van der Waals surface area contributed by atoms with Crippen molar-refractivity contribution in [3.05, 3.63) is 28.2 Å². The third-order valence-corrected chi connectivity index (χ3v) is 4.21. The van der Waals surface area contributed by atoms with Crippen LogP contribution < -0.4 is 4.90 Å². The van der Waals surface area contributed by atoms with Gasteiger partial charge in [-0.05, 0) is 25.0 Å². The molecule has 3 heteroatoms. The molecule has 2 nitrogen and oxygen atoms in total. The van der Waals surface area contributed by atoms with Crippen LogP contribution in [-0.4, -0.2) is 18.2 Å². The fourth-order valence-electron chi connectivity index (χ4n) is 2.66. The number of benzene rings is 1. The van der Waals surface area contributed by atoms with Gasteiger partial charge in [-0.3, -0.25) is 0 Å². The highest BCUT2D eigenvalue weighted by molar-refractivity contribution is 9.10. The van der Waals surface area contributed by atoms with E-state index in [1.807, 2.05) is 12.1 Å². The van der Waals surface area contributed by atoms with Crippen LogP contribution in [0.15, 0.2) is 22.7 Å². The number of hydrogen-bond acceptors (Lipinski definition) is 2. The molecule has 0 atom stereocenters. The normalized spacial score (nSPS) is 17.1. The first-order chi connectivity index (χ1) is 8.22. The molecule has 1 fully saturated rings. The van der Waals surface area contributed by atoms with E-state index in [0.717, 1.165) is 15.7 Å². The molecule has 1 saturated carbocycles. The number of anilines is 1. The minimum absolute atomic E-state index is 0.111. The molecule has 2 rings (SSSR count). The zero-order chi connectivity index (χ0) is 12.3. The van der Waals surface area contributed by atoms with Crippen molar-refractivity contribution in [2.75, 3.05) is 11.9 Å². The fourth-order valence-corrected chi connectivity index (χ4v) is 3.01. The van der Waals surface area contributed by atoms with Gasteiger partial charge in [-0.25, -0.2) is 0 Å². The second kappa shape index (κ2) is 5.87. The molecule has 0 aliphatic heterocycles. The second-order valence-electron chi connectivity index (χ2n) is 4.83. The Bertz CT molecular complexity index is 374. The lowest BCUT2D eigenvalue weighted by atomic mass is 9.94. The van der Waals surface area contributed by atoms with Crippen LogP contribution in [0.2, 0.25) is 0 Å². The van der Waals surface area contributed by atoms with E-state index in [9.17, 15) is 5.11 Å². The minimum Gasteiger partial charge on any atom is -0.392 e. The van der Waals surface area contributed by atoms with Gasteiger partial charge in [0.2, 0.25) is 0 Å². The van der Waals surface area contributed by atoms with Gasteiger partial charge in [0.1, 0.15) is 0 Å². The maximum Gasteiger partial charge on any atom is 0.0702 e. The van der Waals surface area contributed by atoms with Crippen molar-refractivity contribution in [2.24, 2.45) is 0 Å². The van der Waals surface area contributed by atoms with Gasteiger partial charge >= 0.3 is 0 Å². The Morgan fingerprint density at radius 3 is 2.65 bits per heavy atom. The monoisotopic (exact) mass is 297 g/mol. The Balaban J connectivity index is 2.21. The van der Waals surface area contributed by atoms with Crippen molar-refractivity contribution in [2.45, 2.75) is 44.8 Å². The van der Waals surface area contributed by atoms with Crippen LogP contribution in [0.3, 0.4) is 0 Å². The van der Waals surface area contributed by atoms with Gasteiger partial charge < -0.3 is 10.0 Å². The molecular formula is C14H20BrNO. The molecule has 1 aliphatic carbocycles. The van der Waals surface area contributed by atoms with Crippen LogP contribution in [0.5, 0.6) is 0 Å². The molecule has 0 bridgehead atoms. The van der Waals surface area contributed by atoms with Gasteiger partial charge in [0.25, 0.3) is 0 Å². The van der Waals surface area contributed by atoms with E-state index in [1.165, 1.54) is 32.1 Å². The predicted octanol–water partition coefficient (Wildman–Crippen LogP) is 3.71. The highest BCUT2D eigenvalue weighted by Crippen LogP contribution is 2.30. The van der Waals surface area contributed by atoms with Gasteiger partial charge in [0.05, 0.1) is 6.61 Å². The zero-order valence-electron chi connectivity index (χ0n) is 10.3. The summed E-state index contributed by atoms with van der Waals surface area (Å²) in [5, 5.41) is 9.41. The number of nitrogens with zero attached hydrogens (tertiary/aromatic N) is 1. The first-order valence-electron chi connectivity index (χ1n) is 6.34. The summed E-state index contributed by atoms with van der Waals surface area (Å²) in [7, 11) is 2.15. The average molecular weight is 298 g/mol. The molecule has 94 valence electrons. The Hall–Kier alpha value is -0.540. The zero-order valence-corrected chi connectivity index (χ0v) is 11.9. The highest BCUT2D eigenvalue weighted by Gasteiger charge is 2.20. The van der Waals surface area contributed by atoms with E-state index >= 15 is 0 Å². The Kier molecular flexibility index (Phi) is 4.46. The maximum absolute atomic E-state index is 9.41. The van der Waals surface area contributed by atoms with Crippen LogP contribution in [-0.2, 0) is 6.61 Å². The molecule has 0 aromatic heterocycles. The molecule has 0 saturated heterocycles. The van der Waals surface area contributed by atoms with Crippen molar-refractivity contribution in [1.82, 2.24) is 0 Å². The topological polar surface area (TPSA) is 23.5 Å². The van der Waals surface area contributed by atoms with Crippen molar-refractivity contribution >= 4 is 21.6 Å². The lowest BCUT2D eigenvalue weighted by Crippen LogP contribution is -2.33. The molecule has 0 amide bonds. The molecule has 0 heterocycles. The summed E-state index contributed by atoms with van der Waals surface area (Å²) in [5.74, 6) is 0. The number of aliphatic hydroxyl groups is 1. The Labute approximate surface area is 112 Å². The molecule has 1 aliphatic rings. The van der Waals surface area contributed by atoms with Gasteiger partial charge in [0.15, 0.2) is 0 Å². The van der Waals surface area contributed by atoms with E-state index in [4.69, 9.17) is 0 Å². The van der Waals surface area contributed by atoms with Crippen molar-refractivity contribution < 1.29 is 5.11 Å². The van der Waals surface area contributed by atoms with Gasteiger partial charge in [-0.1, -0.05) is 41.3 Å². The smallest absolute Gasteiger partial charge is 0.0702 e. The van der Waals surface area contributed by atoms with E-state index in [1.54, 1.807) is 0 Å². The third kappa shape index (κ3) is 3.02. The Morgan fingerprint density at radius 2 is 2.00 bits per heavy atom. The fraction of sp³-hybridized carbons (Fsp3) is 0.571. The van der Waals surface area contributed by atoms with Crippen molar-refractivity contribution in [3.8, 4) is 0 Å². The van der Waals surface area contributed by atoms with Gasteiger partial charge in [0, 0.05) is 28.8 Å². The average Bonchev–Trinajstić information content (AvgIpc) is 2.39. The third-order valence-electron chi connectivity index (χ3n) is 3.72. The van der Waals surface area contributed by atoms with E-state index < -0.39 is 0 Å². The van der Waals surface area contributed by atoms with Crippen LogP contribution in [0.1, 0.15) is 37.7 Å². The summed E-state index contributed by atoms with van der Waals surface area (Å²) < 4.78 is 1.08. The predicted molar refractivity (Wildman–Crippen MR) is 75.3 cm³/mol. The number of hydrogen-bond donors (Lipinski definition) is 1. The Morgan fingerprint density at radius 1 is 1.29 bits per heavy atom. The minimum atomic E-state index is 0.111. The van der Waals surface area contributed by atoms with Gasteiger partial charge in [-0.2, -0.15) is 0 Å². The molecule has 17 heavy (non-hydrogen) atoms. The molecular weight excluding hydrogens is 278 g/mol. The first-order valence-corrected chi connectivity index (χ1v) is 7.14. The highest BCUT2D eigenvalue weighted by atomic mass is 79.9. The number of rotatable bonds is 3. The molecule has 1 N–H and O–H groups in total. The SMILES string of the molecule is CN(c1cc(Br)ccc1CO)C1CCCCC1. The summed E-state index contributed by atoms with van der Waals surface area (Å²) in [6.45, 7) is 0.111. The standard InChI is InChI=1S/C14H20BrNO/c1-16(13-5-3-2-4-6-13)14-9-12(15)8-7-11(14)10-17/h7-9,13,17H,2-6,10H2,1H3. The molecule has 1 aromatic rings. The van der Waals surface area contributed by atoms with Crippen LogP contribution in [0.25, 0.3) is 0 Å². The van der Waals surface area contributed by atoms with Crippen LogP contribution in [0.4, 0.5) is 5.69 Å². The van der Waals surface area contributed by atoms with Crippen molar-refractivity contribution in [3.63, 3.8) is 0 Å². The first kappa shape index (κ1) is 12.9. The van der Waals surface area contributed by atoms with Gasteiger partial charge in [-0.15, -0.1) is 0 Å². The molecule has 0 spiro atoms. The summed E-state index contributed by atoms with van der Waals surface area (Å²) in [5.41, 5.74) is 2.18.